The Kier molecular flexibility index (Phi) is 4.94. The van der Waals surface area contributed by atoms with Crippen molar-refractivity contribution in [3.63, 3.8) is 0 Å². The monoisotopic (exact) mass is 284 g/mol. The van der Waals surface area contributed by atoms with Gasteiger partial charge in [0.05, 0.1) is 11.4 Å². The van der Waals surface area contributed by atoms with Crippen molar-refractivity contribution >= 4 is 27.1 Å². The Labute approximate surface area is 114 Å². The van der Waals surface area contributed by atoms with Gasteiger partial charge in [-0.15, -0.1) is 0 Å². The lowest BCUT2D eigenvalue weighted by atomic mass is 10.2. The second-order valence-corrected chi connectivity index (χ2v) is 6.89. The van der Waals surface area contributed by atoms with E-state index < -0.39 is 21.0 Å². The third-order valence-corrected chi connectivity index (χ3v) is 4.42. The highest BCUT2D eigenvalue weighted by atomic mass is 32.2. The fourth-order valence-electron chi connectivity index (χ4n) is 1.71. The molecule has 0 aliphatic heterocycles. The van der Waals surface area contributed by atoms with Gasteiger partial charge in [-0.05, 0) is 25.5 Å². The number of nitrogens with two attached hydrogens (primary N) is 1. The molecule has 0 aliphatic rings. The maximum absolute atomic E-state index is 12.3. The van der Waals surface area contributed by atoms with Gasteiger partial charge in [-0.25, -0.2) is 8.42 Å². The van der Waals surface area contributed by atoms with Crippen LogP contribution in [-0.2, 0) is 14.6 Å². The number of rotatable bonds is 5. The molecule has 0 radical (unpaired) electrons. The van der Waals surface area contributed by atoms with Crippen LogP contribution in [0.5, 0.6) is 0 Å². The van der Waals surface area contributed by atoms with Crippen LogP contribution in [0, 0.1) is 0 Å². The summed E-state index contributed by atoms with van der Waals surface area (Å²) in [4.78, 5) is 13.8. The van der Waals surface area contributed by atoms with E-state index >= 15 is 0 Å². The van der Waals surface area contributed by atoms with Gasteiger partial charge in [0, 0.05) is 12.8 Å². The first-order valence-corrected chi connectivity index (χ1v) is 8.09. The van der Waals surface area contributed by atoms with E-state index in [0.717, 1.165) is 12.7 Å². The molecule has 1 amide bonds. The van der Waals surface area contributed by atoms with E-state index in [1.807, 2.05) is 6.92 Å². The summed E-state index contributed by atoms with van der Waals surface area (Å²) >= 11 is 0. The van der Waals surface area contributed by atoms with Crippen LogP contribution in [0.4, 0.5) is 11.4 Å². The number of carbonyl (C=O) groups is 1. The van der Waals surface area contributed by atoms with Crippen molar-refractivity contribution in [1.29, 1.82) is 0 Å². The van der Waals surface area contributed by atoms with E-state index in [9.17, 15) is 13.2 Å². The van der Waals surface area contributed by atoms with E-state index in [-0.39, 0.29) is 0 Å². The molecular formula is C13H20N2O3S. The number of hydrogen-bond donors (Lipinski definition) is 1. The third-order valence-electron chi connectivity index (χ3n) is 2.93. The summed E-state index contributed by atoms with van der Waals surface area (Å²) < 4.78 is 23.0. The lowest BCUT2D eigenvalue weighted by Crippen LogP contribution is -2.42. The lowest BCUT2D eigenvalue weighted by Gasteiger charge is -2.26. The first-order chi connectivity index (χ1) is 8.79. The molecular weight excluding hydrogens is 264 g/mol. The predicted octanol–water partition coefficient (Wildman–Crippen LogP) is 1.44. The Morgan fingerprint density at radius 3 is 2.42 bits per heavy atom. The zero-order chi connectivity index (χ0) is 14.6. The molecule has 0 bridgehead atoms. The van der Waals surface area contributed by atoms with Crippen LogP contribution in [0.2, 0.25) is 0 Å². The number of benzene rings is 1. The number of carbonyl (C=O) groups excluding carboxylic acids is 1. The molecule has 0 saturated heterocycles. The Balaban J connectivity index is 3.16. The van der Waals surface area contributed by atoms with Gasteiger partial charge in [0.25, 0.3) is 0 Å². The summed E-state index contributed by atoms with van der Waals surface area (Å²) in [5.41, 5.74) is 6.88. The number of hydrogen-bond acceptors (Lipinski definition) is 4. The summed E-state index contributed by atoms with van der Waals surface area (Å²) in [7, 11) is -3.42. The van der Waals surface area contributed by atoms with Crippen LogP contribution in [0.15, 0.2) is 24.3 Å². The molecule has 1 atom stereocenters. The van der Waals surface area contributed by atoms with Crippen LogP contribution in [-0.4, -0.2) is 32.4 Å². The number of amides is 1. The van der Waals surface area contributed by atoms with Gasteiger partial charge in [0.1, 0.15) is 5.25 Å². The Bertz CT molecular complexity index is 555. The Morgan fingerprint density at radius 2 is 1.95 bits per heavy atom. The number of nitrogens with zero attached hydrogens (tertiary/aromatic N) is 1. The van der Waals surface area contributed by atoms with E-state index in [1.54, 1.807) is 24.3 Å². The minimum atomic E-state index is -3.42. The second-order valence-electron chi connectivity index (χ2n) is 4.52. The standard InChI is InChI=1S/C13H20N2O3S/c1-4-9-15(12-8-6-5-7-11(12)14)13(16)10(2)19(3,17)18/h5-8,10H,4,9,14H2,1-3H3. The van der Waals surface area contributed by atoms with E-state index in [2.05, 4.69) is 0 Å². The average Bonchev–Trinajstić information content (AvgIpc) is 2.34. The van der Waals surface area contributed by atoms with Crippen molar-refractivity contribution in [2.24, 2.45) is 0 Å². The summed E-state index contributed by atoms with van der Waals surface area (Å²) in [6.07, 6.45) is 1.78. The first kappa shape index (κ1) is 15.5. The molecule has 0 fully saturated rings. The zero-order valence-corrected chi connectivity index (χ0v) is 12.3. The summed E-state index contributed by atoms with van der Waals surface area (Å²) in [6, 6.07) is 6.95. The zero-order valence-electron chi connectivity index (χ0n) is 11.5. The van der Waals surface area contributed by atoms with Crippen molar-refractivity contribution in [3.05, 3.63) is 24.3 Å². The SMILES string of the molecule is CCCN(C(=O)C(C)S(C)(=O)=O)c1ccccc1N. The Morgan fingerprint density at radius 1 is 1.37 bits per heavy atom. The van der Waals surface area contributed by atoms with Gasteiger partial charge < -0.3 is 10.6 Å². The van der Waals surface area contributed by atoms with Crippen molar-refractivity contribution in [2.75, 3.05) is 23.4 Å². The van der Waals surface area contributed by atoms with Crippen LogP contribution in [0.3, 0.4) is 0 Å². The van der Waals surface area contributed by atoms with E-state index in [0.29, 0.717) is 17.9 Å². The molecule has 0 saturated carbocycles. The molecule has 0 aliphatic carbocycles. The molecule has 0 aromatic heterocycles. The fraction of sp³-hybridized carbons (Fsp3) is 0.462. The van der Waals surface area contributed by atoms with Crippen LogP contribution >= 0.6 is 0 Å². The van der Waals surface area contributed by atoms with Gasteiger partial charge in [-0.3, -0.25) is 4.79 Å². The maximum atomic E-state index is 12.3. The van der Waals surface area contributed by atoms with Crippen molar-refractivity contribution in [2.45, 2.75) is 25.5 Å². The quantitative estimate of drug-likeness (QED) is 0.830. The normalized spacial score (nSPS) is 13.0. The molecule has 2 N–H and O–H groups in total. The minimum absolute atomic E-state index is 0.437. The molecule has 1 rings (SSSR count). The molecule has 19 heavy (non-hydrogen) atoms. The van der Waals surface area contributed by atoms with Crippen molar-refractivity contribution < 1.29 is 13.2 Å². The second kappa shape index (κ2) is 6.06. The topological polar surface area (TPSA) is 80.5 Å². The van der Waals surface area contributed by atoms with E-state index in [1.165, 1.54) is 11.8 Å². The fourth-order valence-corrected chi connectivity index (χ4v) is 2.20. The summed E-state index contributed by atoms with van der Waals surface area (Å²) in [6.45, 7) is 3.76. The van der Waals surface area contributed by atoms with Gasteiger partial charge in [0.15, 0.2) is 9.84 Å². The largest absolute Gasteiger partial charge is 0.397 e. The summed E-state index contributed by atoms with van der Waals surface area (Å²) in [5, 5.41) is -1.07. The van der Waals surface area contributed by atoms with Gasteiger partial charge in [-0.2, -0.15) is 0 Å². The molecule has 6 heteroatoms. The number of para-hydroxylation sites is 2. The number of nitrogen functional groups attached to an aromatic ring is 1. The predicted molar refractivity (Wildman–Crippen MR) is 77.8 cm³/mol. The smallest absolute Gasteiger partial charge is 0.245 e. The van der Waals surface area contributed by atoms with Crippen molar-refractivity contribution in [1.82, 2.24) is 0 Å². The molecule has 1 aromatic carbocycles. The molecule has 106 valence electrons. The van der Waals surface area contributed by atoms with E-state index in [4.69, 9.17) is 5.73 Å². The molecule has 0 spiro atoms. The van der Waals surface area contributed by atoms with Crippen LogP contribution < -0.4 is 10.6 Å². The lowest BCUT2D eigenvalue weighted by molar-refractivity contribution is -0.118. The highest BCUT2D eigenvalue weighted by molar-refractivity contribution is 7.92. The molecule has 0 heterocycles. The van der Waals surface area contributed by atoms with Gasteiger partial charge in [0.2, 0.25) is 5.91 Å². The van der Waals surface area contributed by atoms with Gasteiger partial charge in [-0.1, -0.05) is 19.1 Å². The maximum Gasteiger partial charge on any atom is 0.245 e. The average molecular weight is 284 g/mol. The summed E-state index contributed by atoms with van der Waals surface area (Å²) in [5.74, 6) is -0.442. The highest BCUT2D eigenvalue weighted by Crippen LogP contribution is 2.24. The number of sulfone groups is 1. The van der Waals surface area contributed by atoms with Crippen molar-refractivity contribution in [3.8, 4) is 0 Å². The molecule has 5 nitrogen and oxygen atoms in total. The van der Waals surface area contributed by atoms with Crippen LogP contribution in [0.25, 0.3) is 0 Å². The minimum Gasteiger partial charge on any atom is -0.397 e. The molecule has 1 unspecified atom stereocenters. The van der Waals surface area contributed by atoms with Crippen LogP contribution in [0.1, 0.15) is 20.3 Å². The highest BCUT2D eigenvalue weighted by Gasteiger charge is 2.29. The third kappa shape index (κ3) is 3.70. The number of anilines is 2. The Hall–Kier alpha value is -1.56. The van der Waals surface area contributed by atoms with Gasteiger partial charge >= 0.3 is 0 Å². The molecule has 1 aromatic rings. The first-order valence-electron chi connectivity index (χ1n) is 6.13.